The zero-order chi connectivity index (χ0) is 25.2. The second kappa shape index (κ2) is 9.91. The molecule has 3 amide bonds. The summed E-state index contributed by atoms with van der Waals surface area (Å²) in [7, 11) is 0. The monoisotopic (exact) mass is 489 g/mol. The summed E-state index contributed by atoms with van der Waals surface area (Å²) in [5.74, 6) is -1.90. The molecule has 184 valence electrons. The van der Waals surface area contributed by atoms with Crippen LogP contribution in [-0.2, 0) is 4.79 Å². The van der Waals surface area contributed by atoms with Gasteiger partial charge in [0.15, 0.2) is 0 Å². The van der Waals surface area contributed by atoms with Gasteiger partial charge in [-0.25, -0.2) is 13.6 Å². The molecule has 3 aromatic carbocycles. The maximum absolute atomic E-state index is 14.0. The van der Waals surface area contributed by atoms with Crippen molar-refractivity contribution in [2.45, 2.75) is 18.0 Å². The van der Waals surface area contributed by atoms with Crippen LogP contribution in [-0.4, -0.2) is 58.6 Å². The van der Waals surface area contributed by atoms with E-state index in [0.29, 0.717) is 0 Å². The molecule has 2 heterocycles. The molecular formula is C28H25F2N3O3. The molecule has 0 spiro atoms. The number of nitrogens with zero attached hydrogens (tertiary/aromatic N) is 2. The maximum atomic E-state index is 14.0. The second-order valence-electron chi connectivity index (χ2n) is 8.99. The Bertz CT molecular complexity index is 1300. The van der Waals surface area contributed by atoms with Gasteiger partial charge >= 0.3 is 6.03 Å². The Hall–Kier alpha value is -4.04. The quantitative estimate of drug-likeness (QED) is 0.524. The Morgan fingerprint density at radius 2 is 1.69 bits per heavy atom. The van der Waals surface area contributed by atoms with Gasteiger partial charge in [-0.1, -0.05) is 66.7 Å². The van der Waals surface area contributed by atoms with E-state index < -0.39 is 17.7 Å². The summed E-state index contributed by atoms with van der Waals surface area (Å²) in [6.07, 6.45) is 4.03. The SMILES string of the molecule is O=C(Nc1cc(F)ccc1F)N1CC(=O)N2[C@H](CO)[C@@H](c3ccc(C=Cc4ccccc4)cc3)[C@@H]2C1. The first-order chi connectivity index (χ1) is 17.4. The fraction of sp³-hybridized carbons (Fsp3) is 0.214. The number of amides is 3. The molecule has 0 radical (unpaired) electrons. The number of hydrogen-bond acceptors (Lipinski definition) is 3. The lowest BCUT2D eigenvalue weighted by atomic mass is 9.73. The van der Waals surface area contributed by atoms with Crippen LogP contribution in [0.5, 0.6) is 0 Å². The van der Waals surface area contributed by atoms with Gasteiger partial charge < -0.3 is 20.2 Å². The molecule has 0 aromatic heterocycles. The van der Waals surface area contributed by atoms with E-state index in [-0.39, 0.29) is 49.3 Å². The number of nitrogens with one attached hydrogen (secondary N) is 1. The van der Waals surface area contributed by atoms with Crippen LogP contribution in [0, 0.1) is 11.6 Å². The van der Waals surface area contributed by atoms with Crippen molar-refractivity contribution in [1.29, 1.82) is 0 Å². The van der Waals surface area contributed by atoms with Crippen LogP contribution >= 0.6 is 0 Å². The number of carbonyl (C=O) groups is 2. The summed E-state index contributed by atoms with van der Waals surface area (Å²) < 4.78 is 27.5. The van der Waals surface area contributed by atoms with Gasteiger partial charge in [0.2, 0.25) is 5.91 Å². The minimum absolute atomic E-state index is 0.160. The molecule has 0 bridgehead atoms. The highest BCUT2D eigenvalue weighted by atomic mass is 19.1. The number of piperazine rings is 1. The number of benzene rings is 3. The Morgan fingerprint density at radius 3 is 2.39 bits per heavy atom. The van der Waals surface area contributed by atoms with Crippen molar-refractivity contribution in [2.24, 2.45) is 0 Å². The second-order valence-corrected chi connectivity index (χ2v) is 8.99. The van der Waals surface area contributed by atoms with Crippen LogP contribution in [0.15, 0.2) is 72.8 Å². The Labute approximate surface area is 207 Å². The molecule has 2 aliphatic rings. The third-order valence-corrected chi connectivity index (χ3v) is 6.80. The molecule has 2 fully saturated rings. The predicted octanol–water partition coefficient (Wildman–Crippen LogP) is 4.34. The number of urea groups is 1. The molecular weight excluding hydrogens is 464 g/mol. The maximum Gasteiger partial charge on any atom is 0.322 e. The first-order valence-electron chi connectivity index (χ1n) is 11.7. The molecule has 0 saturated carbocycles. The van der Waals surface area contributed by atoms with Gasteiger partial charge in [0, 0.05) is 18.5 Å². The zero-order valence-electron chi connectivity index (χ0n) is 19.4. The van der Waals surface area contributed by atoms with Crippen molar-refractivity contribution >= 4 is 29.8 Å². The van der Waals surface area contributed by atoms with Crippen LogP contribution in [0.2, 0.25) is 0 Å². The number of hydrogen-bond donors (Lipinski definition) is 2. The van der Waals surface area contributed by atoms with E-state index in [9.17, 15) is 23.5 Å². The molecule has 36 heavy (non-hydrogen) atoms. The van der Waals surface area contributed by atoms with Crippen molar-refractivity contribution < 1.29 is 23.5 Å². The van der Waals surface area contributed by atoms with E-state index >= 15 is 0 Å². The van der Waals surface area contributed by atoms with E-state index in [1.807, 2.05) is 66.7 Å². The molecule has 6 nitrogen and oxygen atoms in total. The van der Waals surface area contributed by atoms with Crippen molar-refractivity contribution in [1.82, 2.24) is 9.80 Å². The first-order valence-corrected chi connectivity index (χ1v) is 11.7. The number of aliphatic hydroxyl groups excluding tert-OH is 1. The Morgan fingerprint density at radius 1 is 1.00 bits per heavy atom. The van der Waals surface area contributed by atoms with Gasteiger partial charge in [0.25, 0.3) is 0 Å². The van der Waals surface area contributed by atoms with Crippen LogP contribution < -0.4 is 5.32 Å². The Balaban J connectivity index is 1.31. The fourth-order valence-corrected chi connectivity index (χ4v) is 5.03. The molecule has 2 saturated heterocycles. The van der Waals surface area contributed by atoms with Crippen LogP contribution in [0.3, 0.4) is 0 Å². The van der Waals surface area contributed by atoms with Gasteiger partial charge in [0.1, 0.15) is 18.2 Å². The van der Waals surface area contributed by atoms with E-state index in [0.717, 1.165) is 34.9 Å². The molecule has 0 unspecified atom stereocenters. The normalized spacial score (nSPS) is 21.3. The topological polar surface area (TPSA) is 72.9 Å². The number of fused-ring (bicyclic) bond motifs is 1. The first kappa shape index (κ1) is 23.7. The van der Waals surface area contributed by atoms with Crippen molar-refractivity contribution in [3.8, 4) is 0 Å². The van der Waals surface area contributed by atoms with Gasteiger partial charge in [-0.05, 0) is 28.8 Å². The highest BCUT2D eigenvalue weighted by Gasteiger charge is 2.54. The molecule has 3 aromatic rings. The summed E-state index contributed by atoms with van der Waals surface area (Å²) in [5, 5.41) is 12.4. The number of anilines is 1. The van der Waals surface area contributed by atoms with Gasteiger partial charge in [-0.15, -0.1) is 0 Å². The third-order valence-electron chi connectivity index (χ3n) is 6.80. The molecule has 3 atom stereocenters. The number of halogens is 2. The molecule has 2 aliphatic heterocycles. The third kappa shape index (κ3) is 4.59. The molecule has 5 rings (SSSR count). The highest BCUT2D eigenvalue weighted by Crippen LogP contribution is 2.43. The van der Waals surface area contributed by atoms with E-state index in [1.54, 1.807) is 4.90 Å². The summed E-state index contributed by atoms with van der Waals surface area (Å²) in [5.41, 5.74) is 2.77. The fourth-order valence-electron chi connectivity index (χ4n) is 5.03. The number of carbonyl (C=O) groups excluding carboxylic acids is 2. The van der Waals surface area contributed by atoms with Crippen LogP contribution in [0.4, 0.5) is 19.3 Å². The van der Waals surface area contributed by atoms with Crippen molar-refractivity contribution in [3.63, 3.8) is 0 Å². The predicted molar refractivity (Wildman–Crippen MR) is 133 cm³/mol. The molecule has 8 heteroatoms. The minimum Gasteiger partial charge on any atom is -0.394 e. The van der Waals surface area contributed by atoms with Gasteiger partial charge in [-0.2, -0.15) is 0 Å². The number of rotatable bonds is 5. The lowest BCUT2D eigenvalue weighted by Crippen LogP contribution is -2.73. The lowest BCUT2D eigenvalue weighted by molar-refractivity contribution is -0.159. The van der Waals surface area contributed by atoms with E-state index in [4.69, 9.17) is 0 Å². The highest BCUT2D eigenvalue weighted by molar-refractivity contribution is 5.94. The van der Waals surface area contributed by atoms with E-state index in [2.05, 4.69) is 5.32 Å². The summed E-state index contributed by atoms with van der Waals surface area (Å²) >= 11 is 0. The average molecular weight is 490 g/mol. The molecule has 0 aliphatic carbocycles. The van der Waals surface area contributed by atoms with E-state index in [1.165, 1.54) is 4.90 Å². The Kier molecular flexibility index (Phi) is 6.52. The standard InChI is InChI=1S/C28H25F2N3O3/c29-21-12-13-22(30)23(14-21)31-28(36)32-15-24-27(25(17-34)33(24)26(35)16-32)20-10-8-19(9-11-20)7-6-18-4-2-1-3-5-18/h1-14,24-25,27,34H,15-17H2,(H,31,36)/t24-,25+,27-/m0/s1. The summed E-state index contributed by atoms with van der Waals surface area (Å²) in [6.45, 7) is -0.180. The van der Waals surface area contributed by atoms with Crippen molar-refractivity contribution in [2.75, 3.05) is 25.0 Å². The smallest absolute Gasteiger partial charge is 0.322 e. The van der Waals surface area contributed by atoms with Crippen molar-refractivity contribution in [3.05, 3.63) is 101 Å². The summed E-state index contributed by atoms with van der Waals surface area (Å²) in [6, 6.07) is 19.3. The largest absolute Gasteiger partial charge is 0.394 e. The van der Waals surface area contributed by atoms with Gasteiger partial charge in [-0.3, -0.25) is 4.79 Å². The van der Waals surface area contributed by atoms with Gasteiger partial charge in [0.05, 0.1) is 24.4 Å². The van der Waals surface area contributed by atoms with Crippen LogP contribution in [0.1, 0.15) is 22.6 Å². The average Bonchev–Trinajstić information content (AvgIpc) is 2.87. The summed E-state index contributed by atoms with van der Waals surface area (Å²) in [4.78, 5) is 28.5. The lowest BCUT2D eigenvalue weighted by Gasteiger charge is -2.58. The molecule has 2 N–H and O–H groups in total. The van der Waals surface area contributed by atoms with Crippen LogP contribution in [0.25, 0.3) is 12.2 Å². The zero-order valence-corrected chi connectivity index (χ0v) is 19.4. The number of aliphatic hydroxyl groups is 1. The minimum atomic E-state index is -0.766.